The predicted molar refractivity (Wildman–Crippen MR) is 47.8 cm³/mol. The number of hydrogen-bond donors (Lipinski definition) is 0. The van der Waals surface area contributed by atoms with E-state index in [1.807, 2.05) is 0 Å². The second-order valence-corrected chi connectivity index (χ2v) is 2.70. The molecule has 1 aromatic rings. The van der Waals surface area contributed by atoms with Crippen molar-refractivity contribution in [3.8, 4) is 0 Å². The summed E-state index contributed by atoms with van der Waals surface area (Å²) in [5.74, 6) is 0.462. The number of hydrogen-bond acceptors (Lipinski definition) is 3. The summed E-state index contributed by atoms with van der Waals surface area (Å²) >= 11 is 5.82. The molecule has 0 saturated heterocycles. The van der Waals surface area contributed by atoms with Gasteiger partial charge in [0.15, 0.2) is 0 Å². The van der Waals surface area contributed by atoms with Crippen molar-refractivity contribution >= 4 is 17.4 Å². The van der Waals surface area contributed by atoms with Crippen LogP contribution in [0.15, 0.2) is 12.6 Å². The fourth-order valence-corrected chi connectivity index (χ4v) is 0.812. The first-order valence-corrected chi connectivity index (χ1v) is 3.76. The molecule has 1 heterocycles. The smallest absolute Gasteiger partial charge is 0.139 e. The molecule has 0 atom stereocenters. The molecule has 0 spiro atoms. The topological polar surface area (TPSA) is 35.0 Å². The number of ether oxygens (including phenoxy) is 1. The van der Waals surface area contributed by atoms with E-state index < -0.39 is 0 Å². The van der Waals surface area contributed by atoms with Gasteiger partial charge in [0.2, 0.25) is 0 Å². The van der Waals surface area contributed by atoms with Crippen LogP contribution >= 0.6 is 11.6 Å². The van der Waals surface area contributed by atoms with Crippen molar-refractivity contribution in [3.05, 3.63) is 29.1 Å². The van der Waals surface area contributed by atoms with E-state index in [2.05, 4.69) is 16.8 Å². The maximum absolute atomic E-state index is 5.82. The minimum atomic E-state index is 0.462. The third kappa shape index (κ3) is 1.74. The molecular weight excluding hydrogens is 176 g/mol. The van der Waals surface area contributed by atoms with Gasteiger partial charge in [-0.25, -0.2) is 0 Å². The monoisotopic (exact) mass is 184 g/mol. The number of aryl methyl sites for hydroxylation is 1. The highest BCUT2D eigenvalue weighted by molar-refractivity contribution is 6.31. The first-order chi connectivity index (χ1) is 5.65. The second kappa shape index (κ2) is 3.54. The zero-order valence-corrected chi connectivity index (χ0v) is 7.72. The van der Waals surface area contributed by atoms with E-state index in [0.717, 1.165) is 0 Å². The van der Waals surface area contributed by atoms with Crippen LogP contribution in [0.2, 0.25) is 5.02 Å². The molecule has 0 aliphatic carbocycles. The van der Waals surface area contributed by atoms with E-state index in [-0.39, 0.29) is 0 Å². The Balaban J connectivity index is 3.05. The van der Waals surface area contributed by atoms with Crippen molar-refractivity contribution in [1.82, 2.24) is 10.2 Å². The molecule has 3 nitrogen and oxygen atoms in total. The number of aromatic nitrogens is 2. The maximum Gasteiger partial charge on any atom is 0.139 e. The molecule has 0 amide bonds. The van der Waals surface area contributed by atoms with Crippen LogP contribution < -0.4 is 0 Å². The minimum absolute atomic E-state index is 0.462. The fraction of sp³-hybridized carbons (Fsp3) is 0.250. The Morgan fingerprint density at radius 1 is 1.58 bits per heavy atom. The molecule has 4 heteroatoms. The van der Waals surface area contributed by atoms with Gasteiger partial charge in [0, 0.05) is 0 Å². The van der Waals surface area contributed by atoms with Crippen LogP contribution in [0, 0.1) is 6.92 Å². The van der Waals surface area contributed by atoms with E-state index in [9.17, 15) is 0 Å². The first kappa shape index (κ1) is 9.00. The summed E-state index contributed by atoms with van der Waals surface area (Å²) in [7, 11) is 1.53. The van der Waals surface area contributed by atoms with Crippen LogP contribution in [0.5, 0.6) is 0 Å². The van der Waals surface area contributed by atoms with Gasteiger partial charge in [-0.05, 0) is 13.0 Å². The third-order valence-electron chi connectivity index (χ3n) is 1.45. The Morgan fingerprint density at radius 2 is 2.25 bits per heavy atom. The van der Waals surface area contributed by atoms with Crippen molar-refractivity contribution in [1.29, 1.82) is 0 Å². The van der Waals surface area contributed by atoms with E-state index in [4.69, 9.17) is 16.3 Å². The normalized spacial score (nSPS) is 9.58. The van der Waals surface area contributed by atoms with Gasteiger partial charge in [0.1, 0.15) is 11.5 Å². The highest BCUT2D eigenvalue weighted by Crippen LogP contribution is 2.16. The highest BCUT2D eigenvalue weighted by Gasteiger charge is 2.03. The lowest BCUT2D eigenvalue weighted by molar-refractivity contribution is 0.369. The molecular formula is C8H9ClN2O. The van der Waals surface area contributed by atoms with Crippen molar-refractivity contribution in [2.24, 2.45) is 0 Å². The Labute approximate surface area is 76.0 Å². The molecule has 1 rings (SSSR count). The number of nitrogens with zero attached hydrogens (tertiary/aromatic N) is 2. The molecule has 0 bridgehead atoms. The molecule has 0 N–H and O–H groups in total. The van der Waals surface area contributed by atoms with E-state index >= 15 is 0 Å². The van der Waals surface area contributed by atoms with Gasteiger partial charge in [0.05, 0.1) is 17.8 Å². The van der Waals surface area contributed by atoms with E-state index in [1.165, 1.54) is 7.11 Å². The molecule has 12 heavy (non-hydrogen) atoms. The standard InChI is InChI=1S/C8H9ClN2O/c1-5-7(9)4-8(11-10-5)6(2)12-3/h4H,2H2,1,3H3. The van der Waals surface area contributed by atoms with Crippen LogP contribution in [0.3, 0.4) is 0 Å². The van der Waals surface area contributed by atoms with Crippen molar-refractivity contribution in [3.63, 3.8) is 0 Å². The second-order valence-electron chi connectivity index (χ2n) is 2.29. The largest absolute Gasteiger partial charge is 0.495 e. The van der Waals surface area contributed by atoms with Crippen LogP contribution in [-0.4, -0.2) is 17.3 Å². The number of halogens is 1. The fourth-order valence-electron chi connectivity index (χ4n) is 0.671. The van der Waals surface area contributed by atoms with Gasteiger partial charge in [-0.3, -0.25) is 0 Å². The highest BCUT2D eigenvalue weighted by atomic mass is 35.5. The lowest BCUT2D eigenvalue weighted by atomic mass is 10.3. The number of rotatable bonds is 2. The van der Waals surface area contributed by atoms with Gasteiger partial charge >= 0.3 is 0 Å². The maximum atomic E-state index is 5.82. The Hall–Kier alpha value is -1.09. The molecule has 0 aliphatic rings. The Morgan fingerprint density at radius 3 is 2.75 bits per heavy atom. The van der Waals surface area contributed by atoms with Crippen LogP contribution in [0.25, 0.3) is 5.76 Å². The number of methoxy groups -OCH3 is 1. The molecule has 0 aromatic carbocycles. The van der Waals surface area contributed by atoms with Crippen molar-refractivity contribution in [2.45, 2.75) is 6.92 Å². The van der Waals surface area contributed by atoms with E-state index in [0.29, 0.717) is 22.2 Å². The zero-order chi connectivity index (χ0) is 9.14. The van der Waals surface area contributed by atoms with E-state index in [1.54, 1.807) is 13.0 Å². The van der Waals surface area contributed by atoms with Gasteiger partial charge in [-0.15, -0.1) is 5.10 Å². The summed E-state index contributed by atoms with van der Waals surface area (Å²) in [6, 6.07) is 1.68. The summed E-state index contributed by atoms with van der Waals surface area (Å²) in [6.45, 7) is 5.42. The minimum Gasteiger partial charge on any atom is -0.495 e. The lowest BCUT2D eigenvalue weighted by Gasteiger charge is -2.03. The average molecular weight is 185 g/mol. The van der Waals surface area contributed by atoms with Gasteiger partial charge in [-0.1, -0.05) is 18.2 Å². The summed E-state index contributed by atoms with van der Waals surface area (Å²) < 4.78 is 4.88. The summed E-state index contributed by atoms with van der Waals surface area (Å²) in [4.78, 5) is 0. The zero-order valence-electron chi connectivity index (χ0n) is 6.97. The quantitative estimate of drug-likeness (QED) is 0.660. The van der Waals surface area contributed by atoms with Crippen molar-refractivity contribution < 1.29 is 4.74 Å². The first-order valence-electron chi connectivity index (χ1n) is 3.38. The third-order valence-corrected chi connectivity index (χ3v) is 1.83. The molecule has 0 fully saturated rings. The Bertz CT molecular complexity index is 312. The summed E-state index contributed by atoms with van der Waals surface area (Å²) in [5, 5.41) is 8.24. The average Bonchev–Trinajstić information content (AvgIpc) is 2.08. The van der Waals surface area contributed by atoms with Gasteiger partial charge in [-0.2, -0.15) is 5.10 Å². The van der Waals surface area contributed by atoms with Gasteiger partial charge < -0.3 is 4.74 Å². The Kier molecular flexibility index (Phi) is 2.65. The molecule has 0 unspecified atom stereocenters. The van der Waals surface area contributed by atoms with Crippen LogP contribution in [0.1, 0.15) is 11.4 Å². The SMILES string of the molecule is C=C(OC)c1cc(Cl)c(C)nn1. The molecule has 0 saturated carbocycles. The van der Waals surface area contributed by atoms with Crippen LogP contribution in [0.4, 0.5) is 0 Å². The van der Waals surface area contributed by atoms with Crippen molar-refractivity contribution in [2.75, 3.05) is 7.11 Å². The molecule has 0 aliphatic heterocycles. The predicted octanol–water partition coefficient (Wildman–Crippen LogP) is 2.06. The summed E-state index contributed by atoms with van der Waals surface area (Å²) in [6.07, 6.45) is 0. The van der Waals surface area contributed by atoms with Gasteiger partial charge in [0.25, 0.3) is 0 Å². The molecule has 64 valence electrons. The summed E-state index contributed by atoms with van der Waals surface area (Å²) in [5.41, 5.74) is 1.26. The lowest BCUT2D eigenvalue weighted by Crippen LogP contribution is -1.95. The molecule has 0 radical (unpaired) electrons. The molecule has 1 aromatic heterocycles. The van der Waals surface area contributed by atoms with Crippen LogP contribution in [-0.2, 0) is 4.74 Å².